The Balaban J connectivity index is 6.37. The van der Waals surface area contributed by atoms with Crippen molar-refractivity contribution in [2.45, 2.75) is 38.7 Å². The molecule has 0 spiro atoms. The molecule has 0 saturated heterocycles. The molecule has 0 aromatic rings. The van der Waals surface area contributed by atoms with Crippen LogP contribution in [0, 0.1) is 0 Å². The van der Waals surface area contributed by atoms with E-state index in [9.17, 15) is 0 Å². The van der Waals surface area contributed by atoms with Crippen molar-refractivity contribution < 1.29 is 20.6 Å². The number of alkyl halides is 1. The Morgan fingerprint density at radius 2 is 2.12 bits per heavy atom. The maximum Gasteiger partial charge on any atom is 0.0387 e. The molecule has 0 radical (unpaired) electrons. The third-order valence-electron chi connectivity index (χ3n) is 0.297. The van der Waals surface area contributed by atoms with Crippen molar-refractivity contribution in [1.29, 1.82) is 0 Å². The van der Waals surface area contributed by atoms with Crippen LogP contribution in [0.4, 0.5) is 0 Å². The number of hydrogen-bond donors (Lipinski definition) is 0. The van der Waals surface area contributed by atoms with Crippen LogP contribution in [-0.2, 0) is 0 Å². The Labute approximate surface area is 81.9 Å². The molecule has 0 unspecified atom stereocenters. The number of halogens is 1. The van der Waals surface area contributed by atoms with Gasteiger partial charge >= 0.3 is 0 Å². The first kappa shape index (κ1) is 0.939. The molecule has 0 rings (SSSR count). The first-order valence-corrected chi connectivity index (χ1v) is 2.48. The molecule has 0 fully saturated rings. The van der Waals surface area contributed by atoms with Crippen molar-refractivity contribution in [3.63, 3.8) is 0 Å². The third-order valence-corrected chi connectivity index (χ3v) is 0.495. The van der Waals surface area contributed by atoms with E-state index in [1.54, 1.807) is 0 Å². The predicted octanol–water partition coefficient (Wildman–Crippen LogP) is 3.35. The van der Waals surface area contributed by atoms with Crippen LogP contribution in [0.15, 0.2) is 0 Å². The molecular weight excluding hydrogens is 164 g/mol. The summed E-state index contributed by atoms with van der Waals surface area (Å²) < 4.78 is 111. The lowest BCUT2D eigenvalue weighted by Gasteiger charge is -1.93. The highest BCUT2D eigenvalue weighted by molar-refractivity contribution is 9.09. The molecule has 0 heterocycles. The molecule has 50 valence electrons. The van der Waals surface area contributed by atoms with Gasteiger partial charge in [0.15, 0.2) is 0 Å². The smallest absolute Gasteiger partial charge is 0.0387 e. The van der Waals surface area contributed by atoms with Crippen LogP contribution in [0.5, 0.6) is 0 Å². The van der Waals surface area contributed by atoms with Crippen LogP contribution in [-0.4, -0.2) is 5.28 Å². The number of rotatable bonds is 5. The molecule has 8 heavy (non-hydrogen) atoms. The van der Waals surface area contributed by atoms with E-state index in [0.29, 0.717) is 0 Å². The summed E-state index contributed by atoms with van der Waals surface area (Å²) in [5.41, 5.74) is 0. The topological polar surface area (TPSA) is 0 Å². The first-order chi connectivity index (χ1) is 9.50. The maximum absolute atomic E-state index is 7.60. The van der Waals surface area contributed by atoms with Crippen LogP contribution < -0.4 is 0 Å². The second kappa shape index (κ2) is 7.48. The Bertz CT molecular complexity index is 400. The zero-order valence-corrected chi connectivity index (χ0v) is 5.46. The predicted molar refractivity (Wildman–Crippen MR) is 42.6 cm³/mol. The normalized spacial score (nSPS) is 49.9. The van der Waals surface area contributed by atoms with E-state index in [1.165, 1.54) is 0 Å². The zero-order valence-electron chi connectivity index (χ0n) is 18.9. The molecule has 0 bridgehead atoms. The minimum Gasteiger partial charge on any atom is -0.0928 e. The van der Waals surface area contributed by atoms with Crippen molar-refractivity contribution >= 4 is 15.9 Å². The standard InChI is InChI=1S/C7H15Br/c1-2-3-4-5-6-7-8/h2-7H2,1H3/i1D3,2D2,3D2,4D2,5D2,6D2,7D2. The zero-order chi connectivity index (χ0) is 19.5. The molecule has 0 aliphatic heterocycles. The minimum absolute atomic E-state index is 2.21. The summed E-state index contributed by atoms with van der Waals surface area (Å²) >= 11 is 2.21. The van der Waals surface area contributed by atoms with Gasteiger partial charge in [-0.2, -0.15) is 0 Å². The Kier molecular flexibility index (Phi) is 0.878. The van der Waals surface area contributed by atoms with E-state index in [4.69, 9.17) is 20.6 Å². The van der Waals surface area contributed by atoms with Crippen molar-refractivity contribution in [3.8, 4) is 0 Å². The maximum atomic E-state index is 7.60. The van der Waals surface area contributed by atoms with E-state index in [-0.39, 0.29) is 0 Å². The molecule has 0 aromatic heterocycles. The monoisotopic (exact) mass is 193 g/mol. The molecule has 0 nitrogen and oxygen atoms in total. The average Bonchev–Trinajstić information content (AvgIpc) is 2.24. The van der Waals surface area contributed by atoms with Gasteiger partial charge < -0.3 is 0 Å². The Morgan fingerprint density at radius 3 is 2.75 bits per heavy atom. The van der Waals surface area contributed by atoms with Crippen molar-refractivity contribution in [2.75, 3.05) is 5.28 Å². The van der Waals surface area contributed by atoms with Crippen LogP contribution in [0.25, 0.3) is 0 Å². The Hall–Kier alpha value is 0.480. The highest BCUT2D eigenvalue weighted by Gasteiger charge is 1.84. The quantitative estimate of drug-likeness (QED) is 0.589. The molecular formula is C7H15Br. The molecule has 0 saturated carbocycles. The summed E-state index contributed by atoms with van der Waals surface area (Å²) in [6, 6.07) is 0. The summed E-state index contributed by atoms with van der Waals surface area (Å²) in [5, 5.41) is -3.14. The van der Waals surface area contributed by atoms with E-state index < -0.39 is 44.0 Å². The average molecular weight is 194 g/mol. The van der Waals surface area contributed by atoms with Crippen molar-refractivity contribution in [2.24, 2.45) is 0 Å². The van der Waals surface area contributed by atoms with Gasteiger partial charge in [-0.3, -0.25) is 0 Å². The molecule has 1 heteroatoms. The van der Waals surface area contributed by atoms with Crippen LogP contribution >= 0.6 is 15.9 Å². The molecule has 0 atom stereocenters. The summed E-state index contributed by atoms with van der Waals surface area (Å²) in [7, 11) is 0. The van der Waals surface area contributed by atoms with Crippen LogP contribution in [0.2, 0.25) is 0 Å². The first-order valence-electron chi connectivity index (χ1n) is 9.19. The molecule has 0 aromatic carbocycles. The fourth-order valence-corrected chi connectivity index (χ4v) is 0.216. The van der Waals surface area contributed by atoms with Gasteiger partial charge in [-0.25, -0.2) is 0 Å². The summed E-state index contributed by atoms with van der Waals surface area (Å²) in [6.45, 7) is -3.67. The SMILES string of the molecule is [2H]C([2H])([2H])C([2H])([2H])C([2H])([2H])C([2H])([2H])C([2H])([2H])C([2H])([2H])C([2H])([2H])Br. The van der Waals surface area contributed by atoms with E-state index in [2.05, 4.69) is 15.9 Å². The minimum atomic E-state index is -4.04. The van der Waals surface area contributed by atoms with E-state index >= 15 is 0 Å². The second-order valence-electron chi connectivity index (χ2n) is 0.719. The van der Waals surface area contributed by atoms with Crippen LogP contribution in [0.1, 0.15) is 59.3 Å². The second-order valence-corrected chi connectivity index (χ2v) is 1.12. The summed E-state index contributed by atoms with van der Waals surface area (Å²) in [6.07, 6.45) is -19.5. The van der Waals surface area contributed by atoms with Crippen LogP contribution in [0.3, 0.4) is 0 Å². The largest absolute Gasteiger partial charge is 0.0928 e. The molecule has 0 N–H and O–H groups in total. The Morgan fingerprint density at radius 1 is 1.38 bits per heavy atom. The molecule has 0 aliphatic carbocycles. The lowest BCUT2D eigenvalue weighted by Crippen LogP contribution is -1.76. The number of hydrogen-bond acceptors (Lipinski definition) is 0. The lowest BCUT2D eigenvalue weighted by atomic mass is 10.2. The van der Waals surface area contributed by atoms with E-state index in [1.807, 2.05) is 0 Å². The van der Waals surface area contributed by atoms with Gasteiger partial charge in [0, 0.05) is 25.8 Å². The van der Waals surface area contributed by atoms with Crippen molar-refractivity contribution in [1.82, 2.24) is 0 Å². The van der Waals surface area contributed by atoms with Gasteiger partial charge in [0.2, 0.25) is 0 Å². The highest BCUT2D eigenvalue weighted by atomic mass is 79.9. The molecule has 0 amide bonds. The summed E-state index contributed by atoms with van der Waals surface area (Å²) in [5.74, 6) is 0. The van der Waals surface area contributed by atoms with Gasteiger partial charge in [0.05, 0.1) is 0 Å². The van der Waals surface area contributed by atoms with Gasteiger partial charge in [0.1, 0.15) is 0 Å². The fraction of sp³-hybridized carbons (Fsp3) is 1.00. The van der Waals surface area contributed by atoms with E-state index in [0.717, 1.165) is 0 Å². The van der Waals surface area contributed by atoms with Crippen molar-refractivity contribution in [3.05, 3.63) is 0 Å². The summed E-state index contributed by atoms with van der Waals surface area (Å²) in [4.78, 5) is 0. The van der Waals surface area contributed by atoms with Gasteiger partial charge in [0.25, 0.3) is 0 Å². The lowest BCUT2D eigenvalue weighted by molar-refractivity contribution is 0.660. The van der Waals surface area contributed by atoms with Gasteiger partial charge in [-0.05, 0) is 6.37 Å². The molecule has 0 aliphatic rings. The van der Waals surface area contributed by atoms with Gasteiger partial charge in [-0.1, -0.05) is 48.3 Å². The highest BCUT2D eigenvalue weighted by Crippen LogP contribution is 2.03. The van der Waals surface area contributed by atoms with Gasteiger partial charge in [-0.15, -0.1) is 0 Å². The fourth-order valence-electron chi connectivity index (χ4n) is 0.117. The third kappa shape index (κ3) is 6.48.